The summed E-state index contributed by atoms with van der Waals surface area (Å²) in [4.78, 5) is 11.8. The maximum Gasteiger partial charge on any atom is 0.202 e. The summed E-state index contributed by atoms with van der Waals surface area (Å²) in [5.74, 6) is 0.0219. The zero-order chi connectivity index (χ0) is 11.5. The van der Waals surface area contributed by atoms with Gasteiger partial charge in [-0.1, -0.05) is 0 Å². The maximum absolute atomic E-state index is 11.8. The fraction of sp³-hybridized carbons (Fsp3) is 0.154. The van der Waals surface area contributed by atoms with E-state index in [1.54, 1.807) is 6.08 Å². The molecular weight excluding hydrogens is 200 g/mol. The van der Waals surface area contributed by atoms with E-state index in [9.17, 15) is 4.79 Å². The van der Waals surface area contributed by atoms with Gasteiger partial charge < -0.3 is 9.13 Å². The van der Waals surface area contributed by atoms with Crippen molar-refractivity contribution in [2.75, 3.05) is 0 Å². The lowest BCUT2D eigenvalue weighted by atomic mass is 10.2. The molecule has 0 aliphatic heterocycles. The van der Waals surface area contributed by atoms with Crippen LogP contribution in [0.4, 0.5) is 0 Å². The summed E-state index contributed by atoms with van der Waals surface area (Å²) in [6.45, 7) is 0. The van der Waals surface area contributed by atoms with Crippen LogP contribution in [0, 0.1) is 0 Å². The number of ketones is 1. The van der Waals surface area contributed by atoms with Gasteiger partial charge in [0.1, 0.15) is 0 Å². The van der Waals surface area contributed by atoms with Crippen LogP contribution in [0.15, 0.2) is 42.7 Å². The van der Waals surface area contributed by atoms with Gasteiger partial charge in [-0.3, -0.25) is 4.79 Å². The first-order chi connectivity index (χ1) is 7.68. The zero-order valence-corrected chi connectivity index (χ0v) is 9.42. The highest BCUT2D eigenvalue weighted by Gasteiger charge is 2.04. The predicted molar refractivity (Wildman–Crippen MR) is 64.2 cm³/mol. The molecule has 0 unspecified atom stereocenters. The molecule has 0 aromatic carbocycles. The average molecular weight is 214 g/mol. The smallest absolute Gasteiger partial charge is 0.202 e. The molecule has 0 radical (unpaired) electrons. The third kappa shape index (κ3) is 1.98. The van der Waals surface area contributed by atoms with Gasteiger partial charge in [0.05, 0.1) is 5.69 Å². The highest BCUT2D eigenvalue weighted by molar-refractivity contribution is 6.05. The van der Waals surface area contributed by atoms with Crippen LogP contribution < -0.4 is 0 Å². The molecule has 82 valence electrons. The number of hydrogen-bond acceptors (Lipinski definition) is 1. The lowest BCUT2D eigenvalue weighted by Crippen LogP contribution is -2.01. The van der Waals surface area contributed by atoms with Crippen molar-refractivity contribution < 1.29 is 4.79 Å². The molecule has 16 heavy (non-hydrogen) atoms. The molecule has 3 nitrogen and oxygen atoms in total. The number of hydrogen-bond donors (Lipinski definition) is 0. The fourth-order valence-electron chi connectivity index (χ4n) is 1.61. The Balaban J connectivity index is 2.17. The van der Waals surface area contributed by atoms with Crippen LogP contribution in [-0.4, -0.2) is 14.9 Å². The number of aromatic nitrogens is 2. The summed E-state index contributed by atoms with van der Waals surface area (Å²) in [6, 6.07) is 7.60. The number of allylic oxidation sites excluding steroid dienone is 1. The minimum atomic E-state index is 0.0219. The first-order valence-corrected chi connectivity index (χ1v) is 5.13. The molecule has 0 saturated carbocycles. The lowest BCUT2D eigenvalue weighted by Gasteiger charge is -1.98. The monoisotopic (exact) mass is 214 g/mol. The van der Waals surface area contributed by atoms with E-state index in [-0.39, 0.29) is 5.78 Å². The van der Waals surface area contributed by atoms with Crippen molar-refractivity contribution in [3.05, 3.63) is 54.1 Å². The van der Waals surface area contributed by atoms with Gasteiger partial charge in [-0.15, -0.1) is 0 Å². The molecule has 2 aromatic heterocycles. The van der Waals surface area contributed by atoms with E-state index in [0.29, 0.717) is 5.69 Å². The van der Waals surface area contributed by atoms with E-state index in [4.69, 9.17) is 0 Å². The van der Waals surface area contributed by atoms with E-state index in [1.807, 2.05) is 66.0 Å². The molecule has 2 aromatic rings. The SMILES string of the molecule is Cn1cccc1C=CC(=O)c1cccn1C. The Labute approximate surface area is 94.6 Å². The normalized spacial score (nSPS) is 11.1. The molecule has 0 atom stereocenters. The molecule has 2 rings (SSSR count). The van der Waals surface area contributed by atoms with Crippen LogP contribution in [-0.2, 0) is 14.1 Å². The first kappa shape index (κ1) is 10.5. The highest BCUT2D eigenvalue weighted by Crippen LogP contribution is 2.06. The highest BCUT2D eigenvalue weighted by atomic mass is 16.1. The van der Waals surface area contributed by atoms with Crippen LogP contribution in [0.25, 0.3) is 6.08 Å². The van der Waals surface area contributed by atoms with Crippen molar-refractivity contribution in [2.24, 2.45) is 14.1 Å². The fourth-order valence-corrected chi connectivity index (χ4v) is 1.61. The van der Waals surface area contributed by atoms with Crippen molar-refractivity contribution in [1.82, 2.24) is 9.13 Å². The molecule has 0 bridgehead atoms. The van der Waals surface area contributed by atoms with Crippen LogP contribution >= 0.6 is 0 Å². The summed E-state index contributed by atoms with van der Waals surface area (Å²) in [7, 11) is 3.82. The Bertz CT molecular complexity index is 532. The molecule has 0 amide bonds. The Hall–Kier alpha value is -2.03. The van der Waals surface area contributed by atoms with E-state index in [0.717, 1.165) is 5.69 Å². The van der Waals surface area contributed by atoms with Gasteiger partial charge in [0.25, 0.3) is 0 Å². The Morgan fingerprint density at radius 2 is 1.81 bits per heavy atom. The second-order valence-corrected chi connectivity index (χ2v) is 3.75. The second kappa shape index (κ2) is 4.23. The summed E-state index contributed by atoms with van der Waals surface area (Å²) in [6.07, 6.45) is 7.25. The van der Waals surface area contributed by atoms with Gasteiger partial charge in [-0.25, -0.2) is 0 Å². The van der Waals surface area contributed by atoms with Crippen LogP contribution in [0.2, 0.25) is 0 Å². The zero-order valence-electron chi connectivity index (χ0n) is 9.42. The van der Waals surface area contributed by atoms with E-state index >= 15 is 0 Å². The van der Waals surface area contributed by atoms with Gasteiger partial charge in [-0.2, -0.15) is 0 Å². The molecule has 0 fully saturated rings. The number of carbonyl (C=O) groups is 1. The van der Waals surface area contributed by atoms with Gasteiger partial charge in [0.15, 0.2) is 0 Å². The van der Waals surface area contributed by atoms with Crippen molar-refractivity contribution in [2.45, 2.75) is 0 Å². The molecular formula is C13H14N2O. The quantitative estimate of drug-likeness (QED) is 0.568. The lowest BCUT2D eigenvalue weighted by molar-refractivity contribution is 0.104. The summed E-state index contributed by atoms with van der Waals surface area (Å²) < 4.78 is 3.78. The summed E-state index contributed by atoms with van der Waals surface area (Å²) in [5.41, 5.74) is 1.72. The van der Waals surface area contributed by atoms with Crippen LogP contribution in [0.3, 0.4) is 0 Å². The maximum atomic E-state index is 11.8. The molecule has 0 aliphatic carbocycles. The standard InChI is InChI=1S/C13H14N2O/c1-14-9-3-5-11(14)7-8-13(16)12-6-4-10-15(12)2/h3-10H,1-2H3. The van der Waals surface area contributed by atoms with Crippen molar-refractivity contribution in [3.8, 4) is 0 Å². The van der Waals surface area contributed by atoms with Gasteiger partial charge in [0, 0.05) is 32.2 Å². The van der Waals surface area contributed by atoms with Crippen molar-refractivity contribution >= 4 is 11.9 Å². The van der Waals surface area contributed by atoms with Crippen molar-refractivity contribution in [1.29, 1.82) is 0 Å². The third-order valence-electron chi connectivity index (χ3n) is 2.59. The molecule has 2 heterocycles. The number of aryl methyl sites for hydroxylation is 2. The topological polar surface area (TPSA) is 26.9 Å². The largest absolute Gasteiger partial charge is 0.351 e. The molecule has 0 spiro atoms. The van der Waals surface area contributed by atoms with E-state index in [2.05, 4.69) is 0 Å². The molecule has 0 saturated heterocycles. The second-order valence-electron chi connectivity index (χ2n) is 3.75. The van der Waals surface area contributed by atoms with Gasteiger partial charge in [-0.05, 0) is 36.4 Å². The summed E-state index contributed by atoms with van der Waals surface area (Å²) in [5, 5.41) is 0. The number of carbonyl (C=O) groups excluding carboxylic acids is 1. The van der Waals surface area contributed by atoms with E-state index < -0.39 is 0 Å². The Morgan fingerprint density at radius 3 is 2.38 bits per heavy atom. The number of rotatable bonds is 3. The molecule has 0 aliphatic rings. The van der Waals surface area contributed by atoms with E-state index in [1.165, 1.54) is 0 Å². The molecule has 0 N–H and O–H groups in total. The third-order valence-corrected chi connectivity index (χ3v) is 2.59. The summed E-state index contributed by atoms with van der Waals surface area (Å²) >= 11 is 0. The minimum Gasteiger partial charge on any atom is -0.351 e. The Morgan fingerprint density at radius 1 is 1.12 bits per heavy atom. The van der Waals surface area contributed by atoms with Crippen LogP contribution in [0.1, 0.15) is 16.2 Å². The van der Waals surface area contributed by atoms with Crippen molar-refractivity contribution in [3.63, 3.8) is 0 Å². The minimum absolute atomic E-state index is 0.0219. The molecule has 3 heteroatoms. The predicted octanol–water partition coefficient (Wildman–Crippen LogP) is 2.26. The van der Waals surface area contributed by atoms with Crippen LogP contribution in [0.5, 0.6) is 0 Å². The van der Waals surface area contributed by atoms with Gasteiger partial charge in [0.2, 0.25) is 5.78 Å². The van der Waals surface area contributed by atoms with Gasteiger partial charge >= 0.3 is 0 Å². The first-order valence-electron chi connectivity index (χ1n) is 5.13. The number of nitrogens with zero attached hydrogens (tertiary/aromatic N) is 2. The Kier molecular flexibility index (Phi) is 2.77. The average Bonchev–Trinajstić information content (AvgIpc) is 2.84.